The van der Waals surface area contributed by atoms with E-state index in [-0.39, 0.29) is 58.4 Å². The number of imide groups is 1. The molecule has 1 saturated heterocycles. The van der Waals surface area contributed by atoms with Crippen molar-refractivity contribution in [3.8, 4) is 11.5 Å². The highest BCUT2D eigenvalue weighted by molar-refractivity contribution is 9.10. The topological polar surface area (TPSA) is 190 Å². The number of nitrogens with zero attached hydrogens (tertiary/aromatic N) is 4. The van der Waals surface area contributed by atoms with Gasteiger partial charge in [0, 0.05) is 53.7 Å². The molecule has 2 fully saturated rings. The lowest BCUT2D eigenvalue weighted by molar-refractivity contribution is -0.392. The summed E-state index contributed by atoms with van der Waals surface area (Å²) in [6.07, 6.45) is 3.12. The van der Waals surface area contributed by atoms with Gasteiger partial charge in [0.05, 0.1) is 39.9 Å². The molecule has 0 bridgehead atoms. The number of hydrogen-bond acceptors (Lipinski definition) is 11. The number of methoxy groups -OCH3 is 1. The van der Waals surface area contributed by atoms with Crippen molar-refractivity contribution < 1.29 is 38.9 Å². The summed E-state index contributed by atoms with van der Waals surface area (Å²) in [5.41, 5.74) is -1.56. The number of fused-ring (bicyclic) bond motifs is 4. The van der Waals surface area contributed by atoms with Crippen LogP contribution in [0.4, 0.5) is 22.7 Å². The highest BCUT2D eigenvalue weighted by atomic mass is 79.9. The first-order valence-corrected chi connectivity index (χ1v) is 19.2. The number of ether oxygens (including phenoxy) is 1. The number of phenolic OH excluding ortho intramolecular Hbond substituents is 1. The van der Waals surface area contributed by atoms with E-state index >= 15 is 9.59 Å². The molecule has 294 valence electrons. The molecule has 0 radical (unpaired) electrons. The molecule has 1 heterocycles. The Morgan fingerprint density at radius 3 is 2.09 bits per heavy atom. The van der Waals surface area contributed by atoms with Crippen LogP contribution in [0.3, 0.4) is 0 Å². The van der Waals surface area contributed by atoms with E-state index in [1.54, 1.807) is 78.9 Å². The molecular formula is C43H35BrN4O10. The third kappa shape index (κ3) is 5.58. The predicted molar refractivity (Wildman–Crippen MR) is 216 cm³/mol. The van der Waals surface area contributed by atoms with Crippen LogP contribution in [0.15, 0.2) is 107 Å². The van der Waals surface area contributed by atoms with Gasteiger partial charge in [0.15, 0.2) is 28.8 Å². The van der Waals surface area contributed by atoms with Gasteiger partial charge >= 0.3 is 11.4 Å². The van der Waals surface area contributed by atoms with Crippen LogP contribution in [0.25, 0.3) is 5.57 Å². The minimum atomic E-state index is -1.64. The summed E-state index contributed by atoms with van der Waals surface area (Å²) in [6.45, 7) is 0. The molecule has 0 spiro atoms. The Morgan fingerprint density at radius 1 is 0.879 bits per heavy atom. The highest BCUT2D eigenvalue weighted by Crippen LogP contribution is 2.65. The van der Waals surface area contributed by atoms with Crippen molar-refractivity contribution in [2.75, 3.05) is 31.0 Å². The molecular weight excluding hydrogens is 812 g/mol. The lowest BCUT2D eigenvalue weighted by Gasteiger charge is -2.55. The normalized spacial score (nSPS) is 25.0. The first kappa shape index (κ1) is 38.4. The van der Waals surface area contributed by atoms with Gasteiger partial charge in [-0.2, -0.15) is 0 Å². The SMILES string of the molecule is COc1cc(Br)cc(C2C3=CCC4C(=O)N(c5cc([N+](=O)[O-])c(N(C)C)c([N+](=O)[O-])c5)C(=O)C4C3CC3C(=O)C(c4ccccc4)=CC(=O)C32c2ccccc2)c1O. The molecule has 8 rings (SSSR count). The summed E-state index contributed by atoms with van der Waals surface area (Å²) < 4.78 is 6.07. The van der Waals surface area contributed by atoms with Crippen molar-refractivity contribution in [3.63, 3.8) is 0 Å². The number of nitro benzene ring substituents is 2. The molecule has 1 N–H and O–H groups in total. The van der Waals surface area contributed by atoms with Crippen molar-refractivity contribution in [3.05, 3.63) is 144 Å². The fourth-order valence-corrected chi connectivity index (χ4v) is 10.4. The molecule has 0 aromatic heterocycles. The third-order valence-corrected chi connectivity index (χ3v) is 12.6. The number of benzene rings is 4. The summed E-state index contributed by atoms with van der Waals surface area (Å²) in [6, 6.07) is 22.8. The fourth-order valence-electron chi connectivity index (χ4n) is 9.90. The number of anilines is 2. The second-order valence-corrected chi connectivity index (χ2v) is 16.0. The molecule has 1 saturated carbocycles. The maximum Gasteiger partial charge on any atom is 0.301 e. The average molecular weight is 848 g/mol. The second kappa shape index (κ2) is 14.2. The minimum Gasteiger partial charge on any atom is -0.504 e. The highest BCUT2D eigenvalue weighted by Gasteiger charge is 2.66. The van der Waals surface area contributed by atoms with Gasteiger partial charge in [-0.25, -0.2) is 4.90 Å². The molecule has 14 nitrogen and oxygen atoms in total. The number of rotatable bonds is 8. The number of nitro groups is 2. The van der Waals surface area contributed by atoms with Gasteiger partial charge in [0.25, 0.3) is 0 Å². The van der Waals surface area contributed by atoms with Crippen LogP contribution >= 0.6 is 15.9 Å². The lowest BCUT2D eigenvalue weighted by atomic mass is 9.44. The van der Waals surface area contributed by atoms with E-state index in [0.717, 1.165) is 17.0 Å². The summed E-state index contributed by atoms with van der Waals surface area (Å²) in [5.74, 6) is -7.53. The Labute approximate surface area is 339 Å². The molecule has 3 aliphatic carbocycles. The van der Waals surface area contributed by atoms with E-state index < -0.39 is 68.0 Å². The molecule has 6 atom stereocenters. The summed E-state index contributed by atoms with van der Waals surface area (Å²) in [5, 5.41) is 36.5. The van der Waals surface area contributed by atoms with Crippen molar-refractivity contribution in [2.45, 2.75) is 24.2 Å². The van der Waals surface area contributed by atoms with E-state index in [2.05, 4.69) is 15.9 Å². The number of ketones is 2. The molecule has 1 aliphatic heterocycles. The number of Topliss-reactive ketones (excluding diaryl/α,β-unsaturated/α-hetero) is 1. The van der Waals surface area contributed by atoms with Gasteiger partial charge in [-0.3, -0.25) is 39.4 Å². The number of phenols is 1. The molecule has 58 heavy (non-hydrogen) atoms. The van der Waals surface area contributed by atoms with Crippen LogP contribution in [0.1, 0.15) is 35.4 Å². The van der Waals surface area contributed by atoms with Crippen LogP contribution in [0.5, 0.6) is 11.5 Å². The van der Waals surface area contributed by atoms with Crippen LogP contribution < -0.4 is 14.5 Å². The maximum atomic E-state index is 15.3. The molecule has 15 heteroatoms. The number of allylic oxidation sites excluding steroid dienone is 4. The van der Waals surface area contributed by atoms with Crippen molar-refractivity contribution in [2.24, 2.45) is 23.7 Å². The summed E-state index contributed by atoms with van der Waals surface area (Å²) >= 11 is 3.54. The van der Waals surface area contributed by atoms with Gasteiger partial charge in [0.2, 0.25) is 11.8 Å². The number of amides is 2. The monoisotopic (exact) mass is 846 g/mol. The Morgan fingerprint density at radius 2 is 1.50 bits per heavy atom. The summed E-state index contributed by atoms with van der Waals surface area (Å²) in [7, 11) is 4.20. The molecule has 2 amide bonds. The largest absolute Gasteiger partial charge is 0.504 e. The first-order valence-electron chi connectivity index (χ1n) is 18.4. The maximum absolute atomic E-state index is 15.3. The van der Waals surface area contributed by atoms with Gasteiger partial charge in [-0.05, 0) is 48.1 Å². The first-order chi connectivity index (χ1) is 27.7. The number of halogens is 1. The Kier molecular flexibility index (Phi) is 9.38. The molecule has 6 unspecified atom stereocenters. The van der Waals surface area contributed by atoms with E-state index in [1.165, 1.54) is 32.2 Å². The average Bonchev–Trinajstić information content (AvgIpc) is 3.47. The number of carbonyl (C=O) groups excluding carboxylic acids is 4. The minimum absolute atomic E-state index is 0.00270. The van der Waals surface area contributed by atoms with Crippen LogP contribution in [0.2, 0.25) is 0 Å². The van der Waals surface area contributed by atoms with E-state index in [4.69, 9.17) is 4.74 Å². The van der Waals surface area contributed by atoms with E-state index in [1.807, 2.05) is 0 Å². The van der Waals surface area contributed by atoms with Gasteiger partial charge in [-0.15, -0.1) is 0 Å². The van der Waals surface area contributed by atoms with Gasteiger partial charge in [0.1, 0.15) is 0 Å². The number of carbonyl (C=O) groups is 4. The third-order valence-electron chi connectivity index (χ3n) is 12.1. The van der Waals surface area contributed by atoms with Crippen molar-refractivity contribution >= 4 is 67.6 Å². The van der Waals surface area contributed by atoms with Crippen LogP contribution in [0, 0.1) is 43.9 Å². The smallest absolute Gasteiger partial charge is 0.301 e. The van der Waals surface area contributed by atoms with Crippen molar-refractivity contribution in [1.82, 2.24) is 0 Å². The predicted octanol–water partition coefficient (Wildman–Crippen LogP) is 7.07. The fraction of sp³-hybridized carbons (Fsp3) is 0.256. The molecule has 4 aliphatic rings. The second-order valence-electron chi connectivity index (χ2n) is 15.1. The van der Waals surface area contributed by atoms with Crippen LogP contribution in [-0.4, -0.2) is 59.5 Å². The summed E-state index contributed by atoms with van der Waals surface area (Å²) in [4.78, 5) is 84.7. The van der Waals surface area contributed by atoms with E-state index in [9.17, 15) is 34.9 Å². The van der Waals surface area contributed by atoms with Gasteiger partial charge in [-0.1, -0.05) is 88.2 Å². The van der Waals surface area contributed by atoms with Crippen LogP contribution in [-0.2, 0) is 24.6 Å². The number of aromatic hydroxyl groups is 1. The Balaban J connectivity index is 1.36. The molecule has 4 aromatic carbocycles. The quantitative estimate of drug-likeness (QED) is 0.0826. The van der Waals surface area contributed by atoms with Gasteiger partial charge < -0.3 is 14.7 Å². The number of hydrogen-bond donors (Lipinski definition) is 1. The zero-order valence-corrected chi connectivity index (χ0v) is 32.9. The van der Waals surface area contributed by atoms with Crippen molar-refractivity contribution in [1.29, 1.82) is 0 Å². The Hall–Kier alpha value is -6.48. The molecule has 4 aromatic rings. The standard InChI is InChI=1S/C43H35BrN4O10/c1-45(2)38-32(47(54)55)18-25(19-33(38)48(56)57)46-41(52)27-15-14-26-29(36(27)42(46)53)20-31-39(50)28(22-10-6-4-7-11-22)21-35(49)43(31,23-12-8-5-9-13-23)37(26)30-16-24(44)17-34(58-3)40(30)51/h4-14,16-19,21,27,29,31,36-37,51H,15,20H2,1-3H3. The Bertz CT molecular complexity index is 2500. The lowest BCUT2D eigenvalue weighted by Crippen LogP contribution is -2.58. The zero-order chi connectivity index (χ0) is 41.4. The zero-order valence-electron chi connectivity index (χ0n) is 31.3. The van der Waals surface area contributed by atoms with E-state index in [0.29, 0.717) is 21.2 Å².